The molecule has 0 saturated carbocycles. The average molecular weight is 320 g/mol. The molecule has 1 heterocycles. The van der Waals surface area contributed by atoms with Crippen LogP contribution in [0.15, 0.2) is 30.3 Å². The molecular formula is C16H18ClN3S. The van der Waals surface area contributed by atoms with Gasteiger partial charge >= 0.3 is 0 Å². The fraction of sp³-hybridized carbons (Fsp3) is 0.250. The summed E-state index contributed by atoms with van der Waals surface area (Å²) < 4.78 is 0. The monoisotopic (exact) mass is 319 g/mol. The van der Waals surface area contributed by atoms with Gasteiger partial charge in [0.15, 0.2) is 0 Å². The lowest BCUT2D eigenvalue weighted by molar-refractivity contribution is 0.912. The maximum absolute atomic E-state index is 6.04. The molecule has 0 aliphatic carbocycles. The van der Waals surface area contributed by atoms with Crippen LogP contribution in [0.1, 0.15) is 22.5 Å². The molecule has 0 aliphatic rings. The van der Waals surface area contributed by atoms with Crippen LogP contribution in [-0.2, 0) is 6.54 Å². The summed E-state index contributed by atoms with van der Waals surface area (Å²) in [6.45, 7) is 4.62. The normalized spacial score (nSPS) is 10.5. The Bertz CT molecular complexity index is 685. The van der Waals surface area contributed by atoms with E-state index < -0.39 is 0 Å². The van der Waals surface area contributed by atoms with Crippen LogP contribution in [0.3, 0.4) is 0 Å². The Morgan fingerprint density at radius 2 is 2.05 bits per heavy atom. The lowest BCUT2D eigenvalue weighted by Crippen LogP contribution is -2.23. The fourth-order valence-corrected chi connectivity index (χ4v) is 2.87. The van der Waals surface area contributed by atoms with Gasteiger partial charge in [-0.3, -0.25) is 4.98 Å². The van der Waals surface area contributed by atoms with Gasteiger partial charge in [-0.25, -0.2) is 0 Å². The Morgan fingerprint density at radius 3 is 2.67 bits per heavy atom. The summed E-state index contributed by atoms with van der Waals surface area (Å²) in [5, 5.41) is 0.734. The molecular weight excluding hydrogens is 302 g/mol. The number of aryl methyl sites for hydroxylation is 2. The zero-order valence-corrected chi connectivity index (χ0v) is 13.9. The highest BCUT2D eigenvalue weighted by Gasteiger charge is 2.14. The van der Waals surface area contributed by atoms with E-state index >= 15 is 0 Å². The number of hydrogen-bond acceptors (Lipinski definition) is 3. The van der Waals surface area contributed by atoms with Crippen LogP contribution in [0.25, 0.3) is 0 Å². The van der Waals surface area contributed by atoms with Crippen molar-refractivity contribution in [3.05, 3.63) is 57.9 Å². The van der Waals surface area contributed by atoms with Gasteiger partial charge in [-0.2, -0.15) is 0 Å². The molecule has 0 unspecified atom stereocenters. The lowest BCUT2D eigenvalue weighted by atomic mass is 10.1. The molecule has 0 radical (unpaired) electrons. The smallest absolute Gasteiger partial charge is 0.107 e. The van der Waals surface area contributed by atoms with Crippen molar-refractivity contribution >= 4 is 34.5 Å². The maximum atomic E-state index is 6.04. The van der Waals surface area contributed by atoms with Gasteiger partial charge in [-0.1, -0.05) is 36.0 Å². The highest BCUT2D eigenvalue weighted by molar-refractivity contribution is 7.80. The number of thiocarbonyl (C=S) groups is 1. The predicted molar refractivity (Wildman–Crippen MR) is 93.2 cm³/mol. The largest absolute Gasteiger partial charge is 0.389 e. The molecule has 1 aromatic carbocycles. The van der Waals surface area contributed by atoms with Crippen molar-refractivity contribution in [1.82, 2.24) is 4.98 Å². The third kappa shape index (κ3) is 3.71. The molecule has 5 heteroatoms. The molecule has 0 aliphatic heterocycles. The van der Waals surface area contributed by atoms with Gasteiger partial charge < -0.3 is 10.6 Å². The molecule has 21 heavy (non-hydrogen) atoms. The van der Waals surface area contributed by atoms with E-state index in [-0.39, 0.29) is 0 Å². The fourth-order valence-electron chi connectivity index (χ4n) is 2.41. The summed E-state index contributed by atoms with van der Waals surface area (Å²) in [5.41, 5.74) is 10.6. The minimum Gasteiger partial charge on any atom is -0.389 e. The first-order valence-electron chi connectivity index (χ1n) is 6.62. The van der Waals surface area contributed by atoms with Crippen molar-refractivity contribution in [3.63, 3.8) is 0 Å². The van der Waals surface area contributed by atoms with Crippen LogP contribution in [0.5, 0.6) is 0 Å². The molecule has 110 valence electrons. The van der Waals surface area contributed by atoms with Gasteiger partial charge in [0.2, 0.25) is 0 Å². The number of aromatic nitrogens is 1. The molecule has 0 amide bonds. The summed E-state index contributed by atoms with van der Waals surface area (Å²) >= 11 is 11.2. The summed E-state index contributed by atoms with van der Waals surface area (Å²) in [7, 11) is 2.01. The first kappa shape index (κ1) is 15.7. The number of nitrogens with two attached hydrogens (primary N) is 1. The Kier molecular flexibility index (Phi) is 4.80. The Morgan fingerprint density at radius 1 is 1.33 bits per heavy atom. The van der Waals surface area contributed by atoms with Crippen LogP contribution in [-0.4, -0.2) is 17.0 Å². The minimum absolute atomic E-state index is 0.368. The number of pyridine rings is 1. The van der Waals surface area contributed by atoms with Gasteiger partial charge in [-0.15, -0.1) is 0 Å². The third-order valence-electron chi connectivity index (χ3n) is 3.27. The summed E-state index contributed by atoms with van der Waals surface area (Å²) in [5.74, 6) is 0. The first-order chi connectivity index (χ1) is 9.88. The standard InChI is InChI=1S/C16H18ClN3S/c1-10-7-14(15(16(18)21)11(2)19-10)20(3)9-12-5-4-6-13(17)8-12/h4-8H,9H2,1-3H3,(H2,18,21). The second-order valence-corrected chi connectivity index (χ2v) is 5.97. The molecule has 2 aromatic rings. The van der Waals surface area contributed by atoms with E-state index in [4.69, 9.17) is 29.6 Å². The molecule has 0 bridgehead atoms. The number of nitrogens with zero attached hydrogens (tertiary/aromatic N) is 2. The Labute approximate surface area is 135 Å². The van der Waals surface area contributed by atoms with E-state index in [1.807, 2.05) is 51.2 Å². The van der Waals surface area contributed by atoms with E-state index in [0.29, 0.717) is 4.99 Å². The maximum Gasteiger partial charge on any atom is 0.107 e. The van der Waals surface area contributed by atoms with Crippen LogP contribution < -0.4 is 10.6 Å². The Balaban J connectivity index is 2.39. The number of anilines is 1. The second-order valence-electron chi connectivity index (χ2n) is 5.09. The van der Waals surface area contributed by atoms with Gasteiger partial charge in [0, 0.05) is 30.0 Å². The molecule has 3 nitrogen and oxygen atoms in total. The highest BCUT2D eigenvalue weighted by atomic mass is 35.5. The Hall–Kier alpha value is -1.65. The van der Waals surface area contributed by atoms with Crippen molar-refractivity contribution in [2.24, 2.45) is 5.73 Å². The number of hydrogen-bond donors (Lipinski definition) is 1. The lowest BCUT2D eigenvalue weighted by Gasteiger charge is -2.24. The zero-order valence-electron chi connectivity index (χ0n) is 12.4. The molecule has 1 aromatic heterocycles. The van der Waals surface area contributed by atoms with E-state index in [2.05, 4.69) is 9.88 Å². The quantitative estimate of drug-likeness (QED) is 0.874. The van der Waals surface area contributed by atoms with Crippen molar-refractivity contribution in [1.29, 1.82) is 0 Å². The van der Waals surface area contributed by atoms with Gasteiger partial charge in [0.25, 0.3) is 0 Å². The first-order valence-corrected chi connectivity index (χ1v) is 7.40. The number of halogens is 1. The molecule has 0 atom stereocenters. The van der Waals surface area contributed by atoms with Crippen molar-refractivity contribution < 1.29 is 0 Å². The number of benzene rings is 1. The summed E-state index contributed by atoms with van der Waals surface area (Å²) in [6, 6.07) is 9.82. The SMILES string of the molecule is Cc1cc(N(C)Cc2cccc(Cl)c2)c(C(N)=S)c(C)n1. The van der Waals surface area contributed by atoms with Crippen LogP contribution in [0, 0.1) is 13.8 Å². The summed E-state index contributed by atoms with van der Waals surface area (Å²) in [4.78, 5) is 6.93. The van der Waals surface area contributed by atoms with E-state index in [0.717, 1.165) is 39.8 Å². The van der Waals surface area contributed by atoms with E-state index in [1.54, 1.807) is 0 Å². The van der Waals surface area contributed by atoms with Crippen molar-refractivity contribution in [2.45, 2.75) is 20.4 Å². The number of rotatable bonds is 4. The van der Waals surface area contributed by atoms with E-state index in [9.17, 15) is 0 Å². The second kappa shape index (κ2) is 6.41. The molecule has 2 rings (SSSR count). The average Bonchev–Trinajstić information content (AvgIpc) is 2.37. The molecule has 0 fully saturated rings. The third-order valence-corrected chi connectivity index (χ3v) is 3.71. The molecule has 0 spiro atoms. The van der Waals surface area contributed by atoms with Crippen LogP contribution in [0.2, 0.25) is 5.02 Å². The highest BCUT2D eigenvalue weighted by Crippen LogP contribution is 2.25. The van der Waals surface area contributed by atoms with Gasteiger partial charge in [0.05, 0.1) is 11.3 Å². The van der Waals surface area contributed by atoms with Crippen molar-refractivity contribution in [2.75, 3.05) is 11.9 Å². The molecule has 2 N–H and O–H groups in total. The predicted octanol–water partition coefficient (Wildman–Crippen LogP) is 3.62. The van der Waals surface area contributed by atoms with Crippen LogP contribution >= 0.6 is 23.8 Å². The summed E-state index contributed by atoms with van der Waals surface area (Å²) in [6.07, 6.45) is 0. The van der Waals surface area contributed by atoms with Gasteiger partial charge in [-0.05, 0) is 37.6 Å². The zero-order chi connectivity index (χ0) is 15.6. The topological polar surface area (TPSA) is 42.1 Å². The minimum atomic E-state index is 0.368. The van der Waals surface area contributed by atoms with Gasteiger partial charge in [0.1, 0.15) is 4.99 Å². The van der Waals surface area contributed by atoms with Crippen LogP contribution in [0.4, 0.5) is 5.69 Å². The van der Waals surface area contributed by atoms with Crippen molar-refractivity contribution in [3.8, 4) is 0 Å². The molecule has 0 saturated heterocycles. The van der Waals surface area contributed by atoms with E-state index in [1.165, 1.54) is 0 Å².